The van der Waals surface area contributed by atoms with Crippen LogP contribution in [0.5, 0.6) is 23.0 Å². The van der Waals surface area contributed by atoms with Crippen LogP contribution in [0.2, 0.25) is 0 Å². The molecule has 0 fully saturated rings. The average molecular weight is 1150 g/mol. The molecule has 5 rings (SSSR count). The Kier molecular flexibility index (Phi) is 17.8. The van der Waals surface area contributed by atoms with Gasteiger partial charge < -0.3 is 18.9 Å². The lowest BCUT2D eigenvalue weighted by Crippen LogP contribution is -2.14. The highest BCUT2D eigenvalue weighted by Crippen LogP contribution is 2.56. The molecule has 0 amide bonds. The van der Waals surface area contributed by atoms with Gasteiger partial charge in [0, 0.05) is 21.3 Å². The molecule has 0 saturated heterocycles. The fourth-order valence-electron chi connectivity index (χ4n) is 6.25. The van der Waals surface area contributed by atoms with E-state index in [0.717, 1.165) is 62.2 Å². The Hall–Kier alpha value is -0.600. The minimum atomic E-state index is -0.133. The van der Waals surface area contributed by atoms with E-state index in [9.17, 15) is 0 Å². The van der Waals surface area contributed by atoms with Crippen molar-refractivity contribution in [1.29, 1.82) is 0 Å². The molecule has 4 aromatic carbocycles. The molecular formula is C48H60Br4O4S4. The number of fused-ring (bicyclic) bond motifs is 8. The Bertz CT molecular complexity index is 1740. The predicted molar refractivity (Wildman–Crippen MR) is 274 cm³/mol. The van der Waals surface area contributed by atoms with Gasteiger partial charge in [0.2, 0.25) is 0 Å². The molecule has 0 aromatic heterocycles. The Balaban J connectivity index is 2.02. The number of alkyl halides is 4. The number of halogens is 4. The summed E-state index contributed by atoms with van der Waals surface area (Å²) in [4.78, 5) is 8.38. The van der Waals surface area contributed by atoms with E-state index in [-0.39, 0.29) is 21.7 Å². The van der Waals surface area contributed by atoms with Crippen molar-refractivity contribution in [2.45, 2.75) is 144 Å². The van der Waals surface area contributed by atoms with E-state index in [1.165, 1.54) is 22.3 Å². The lowest BCUT2D eigenvalue weighted by molar-refractivity contribution is 0.324. The number of hydrogen-bond donors (Lipinski definition) is 0. The molecule has 0 aliphatic carbocycles. The highest BCUT2D eigenvalue weighted by atomic mass is 79.9. The Morgan fingerprint density at radius 3 is 0.583 bits per heavy atom. The molecule has 1 aliphatic heterocycles. The summed E-state index contributed by atoms with van der Waals surface area (Å²) < 4.78 is 27.3. The monoisotopic (exact) mass is 1140 g/mol. The Morgan fingerprint density at radius 2 is 0.467 bits per heavy atom. The summed E-state index contributed by atoms with van der Waals surface area (Å²) >= 11 is 21.6. The van der Waals surface area contributed by atoms with Crippen LogP contribution in [0.25, 0.3) is 0 Å². The molecule has 4 aromatic rings. The second kappa shape index (κ2) is 21.1. The van der Waals surface area contributed by atoms with Crippen molar-refractivity contribution in [3.05, 3.63) is 70.8 Å². The second-order valence-electron chi connectivity index (χ2n) is 18.8. The molecule has 60 heavy (non-hydrogen) atoms. The van der Waals surface area contributed by atoms with Gasteiger partial charge in [-0.05, 0) is 92.4 Å². The molecule has 0 radical (unpaired) electrons. The third kappa shape index (κ3) is 12.8. The van der Waals surface area contributed by atoms with Gasteiger partial charge >= 0.3 is 0 Å². The van der Waals surface area contributed by atoms with Gasteiger partial charge in [-0.2, -0.15) is 0 Å². The van der Waals surface area contributed by atoms with E-state index in [2.05, 4.69) is 195 Å². The van der Waals surface area contributed by atoms with Gasteiger partial charge in [-0.1, -0.05) is 194 Å². The van der Waals surface area contributed by atoms with Crippen molar-refractivity contribution in [2.75, 3.05) is 47.7 Å². The molecule has 0 saturated carbocycles. The summed E-state index contributed by atoms with van der Waals surface area (Å²) in [5, 5.41) is 2.82. The molecule has 328 valence electrons. The number of benzene rings is 4. The molecule has 0 N–H and O–H groups in total. The maximum Gasteiger partial charge on any atom is 0.147 e. The third-order valence-electron chi connectivity index (χ3n) is 9.72. The smallest absolute Gasteiger partial charge is 0.147 e. The zero-order valence-corrected chi connectivity index (χ0v) is 46.7. The average Bonchev–Trinajstić information content (AvgIpc) is 3.14. The summed E-state index contributed by atoms with van der Waals surface area (Å²) in [6, 6.07) is 18.6. The number of rotatable bonds is 12. The summed E-state index contributed by atoms with van der Waals surface area (Å²) in [5.41, 5.74) is 4.38. The predicted octanol–water partition coefficient (Wildman–Crippen LogP) is 16.9. The highest BCUT2D eigenvalue weighted by molar-refractivity contribution is 9.09. The molecule has 8 bridgehead atoms. The van der Waals surface area contributed by atoms with Gasteiger partial charge in [0.05, 0.1) is 65.6 Å². The lowest BCUT2D eigenvalue weighted by Gasteiger charge is -2.28. The van der Waals surface area contributed by atoms with Gasteiger partial charge in [-0.15, -0.1) is 0 Å². The first-order valence-electron chi connectivity index (χ1n) is 20.3. The summed E-state index contributed by atoms with van der Waals surface area (Å²) in [6.45, 7) is 29.5. The Labute approximate surface area is 411 Å². The number of ether oxygens (including phenoxy) is 4. The van der Waals surface area contributed by atoms with E-state index in [4.69, 9.17) is 18.9 Å². The first kappa shape index (κ1) is 50.4. The van der Waals surface area contributed by atoms with Gasteiger partial charge in [-0.3, -0.25) is 0 Å². The largest absolute Gasteiger partial charge is 0.490 e. The number of hydrogen-bond acceptors (Lipinski definition) is 8. The van der Waals surface area contributed by atoms with Crippen LogP contribution >= 0.6 is 111 Å². The molecule has 1 heterocycles. The standard InChI is InChI=1S/C48H60Br4O4S4/c1-45(2,3)29-21-33-41(53-17-13-49)34(22-29)58-36-24-31(47(7,8)9)26-38(43(36)55-19-15-51)60-40-28-32(48(10,11)12)27-39(44(40)56-20-16-52)59-37-25-30(46(4,5)6)23-35(57-33)42(37)54-18-14-50/h21-28H,13-20H2,1-12H3. The van der Waals surface area contributed by atoms with Gasteiger partial charge in [0.25, 0.3) is 0 Å². The topological polar surface area (TPSA) is 36.9 Å². The van der Waals surface area contributed by atoms with Crippen LogP contribution in [0.15, 0.2) is 87.7 Å². The van der Waals surface area contributed by atoms with E-state index in [1.54, 1.807) is 47.0 Å². The van der Waals surface area contributed by atoms with Crippen molar-refractivity contribution < 1.29 is 18.9 Å². The van der Waals surface area contributed by atoms with E-state index < -0.39 is 0 Å². The van der Waals surface area contributed by atoms with Crippen molar-refractivity contribution in [1.82, 2.24) is 0 Å². The fraction of sp³-hybridized carbons (Fsp3) is 0.500. The molecule has 0 atom stereocenters. The van der Waals surface area contributed by atoms with Crippen molar-refractivity contribution >= 4 is 111 Å². The van der Waals surface area contributed by atoms with Gasteiger partial charge in [-0.25, -0.2) is 0 Å². The quantitative estimate of drug-likeness (QED) is 0.114. The van der Waals surface area contributed by atoms with E-state index >= 15 is 0 Å². The normalized spacial score (nSPS) is 13.6. The van der Waals surface area contributed by atoms with E-state index in [1.807, 2.05) is 0 Å². The molecule has 0 unspecified atom stereocenters. The summed E-state index contributed by atoms with van der Waals surface area (Å²) in [5.74, 6) is 3.44. The van der Waals surface area contributed by atoms with Crippen LogP contribution < -0.4 is 18.9 Å². The van der Waals surface area contributed by atoms with Crippen LogP contribution in [0.1, 0.15) is 105 Å². The van der Waals surface area contributed by atoms with Crippen LogP contribution in [0, 0.1) is 0 Å². The zero-order valence-electron chi connectivity index (χ0n) is 37.1. The summed E-state index contributed by atoms with van der Waals surface area (Å²) in [7, 11) is 0. The van der Waals surface area contributed by atoms with Crippen LogP contribution in [0.3, 0.4) is 0 Å². The molecular weight excluding hydrogens is 1090 g/mol. The molecule has 4 nitrogen and oxygen atoms in total. The van der Waals surface area contributed by atoms with Crippen molar-refractivity contribution in [2.24, 2.45) is 0 Å². The van der Waals surface area contributed by atoms with E-state index in [0.29, 0.717) is 47.7 Å². The van der Waals surface area contributed by atoms with Crippen LogP contribution in [-0.4, -0.2) is 47.7 Å². The van der Waals surface area contributed by atoms with Gasteiger partial charge in [0.1, 0.15) is 23.0 Å². The van der Waals surface area contributed by atoms with Crippen LogP contribution in [-0.2, 0) is 21.7 Å². The first-order chi connectivity index (χ1) is 28.1. The summed E-state index contributed by atoms with van der Waals surface area (Å²) in [6.07, 6.45) is 0. The molecule has 12 heteroatoms. The lowest BCUT2D eigenvalue weighted by atomic mass is 9.87. The third-order valence-corrected chi connectivity index (χ3v) is 15.2. The fourth-order valence-corrected chi connectivity index (χ4v) is 11.7. The maximum atomic E-state index is 6.83. The second-order valence-corrected chi connectivity index (χ2v) is 26.3. The van der Waals surface area contributed by atoms with Crippen LogP contribution in [0.4, 0.5) is 0 Å². The first-order valence-corrected chi connectivity index (χ1v) is 28.0. The minimum Gasteiger partial charge on any atom is -0.490 e. The van der Waals surface area contributed by atoms with Crippen molar-refractivity contribution in [3.63, 3.8) is 0 Å². The van der Waals surface area contributed by atoms with Crippen molar-refractivity contribution in [3.8, 4) is 23.0 Å². The maximum absolute atomic E-state index is 6.83. The minimum absolute atomic E-state index is 0.133. The molecule has 0 spiro atoms. The highest BCUT2D eigenvalue weighted by Gasteiger charge is 2.30. The zero-order chi connectivity index (χ0) is 44.2. The SMILES string of the molecule is CC(C)(C)c1cc2c(OCCBr)c(c1)Sc1cc(C(C)(C)C)cc(c1OCCBr)Sc1cc(C(C)(C)C)cc(c1OCCBr)Sc1cc(C(C)(C)C)cc(c1OCCBr)S2. The van der Waals surface area contributed by atoms with Gasteiger partial charge in [0.15, 0.2) is 0 Å². The Morgan fingerprint density at radius 1 is 0.317 bits per heavy atom. The molecule has 1 aliphatic rings.